The summed E-state index contributed by atoms with van der Waals surface area (Å²) in [5.41, 5.74) is 9.02. The van der Waals surface area contributed by atoms with Gasteiger partial charge in [0.1, 0.15) is 5.75 Å². The molecule has 0 bridgehead atoms. The number of nitrogens with one attached hydrogen (secondary N) is 1. The molecule has 1 aromatic carbocycles. The molecule has 2 unspecified atom stereocenters. The van der Waals surface area contributed by atoms with Crippen LogP contribution in [0.5, 0.6) is 5.75 Å². The quantitative estimate of drug-likeness (QED) is 0.702. The Morgan fingerprint density at radius 2 is 1.89 bits per heavy atom. The fourth-order valence-electron chi connectivity index (χ4n) is 2.33. The maximum absolute atomic E-state index is 10.4. The van der Waals surface area contributed by atoms with Crippen molar-refractivity contribution in [1.29, 1.82) is 0 Å². The molecule has 0 aliphatic heterocycles. The van der Waals surface area contributed by atoms with Crippen LogP contribution >= 0.6 is 0 Å². The van der Waals surface area contributed by atoms with E-state index in [2.05, 4.69) is 5.32 Å². The van der Waals surface area contributed by atoms with Gasteiger partial charge in [-0.2, -0.15) is 0 Å². The molecule has 0 amide bonds. The monoisotopic (exact) mass is 266 g/mol. The predicted octanol–water partition coefficient (Wildman–Crippen LogP) is 1.67. The van der Waals surface area contributed by atoms with Gasteiger partial charge >= 0.3 is 0 Å². The van der Waals surface area contributed by atoms with E-state index in [9.17, 15) is 5.11 Å². The molecule has 0 heterocycles. The zero-order chi connectivity index (χ0) is 14.4. The zero-order valence-electron chi connectivity index (χ0n) is 12.4. The first-order valence-corrected chi connectivity index (χ1v) is 6.83. The number of aliphatic hydroxyl groups is 1. The molecule has 0 saturated carbocycles. The van der Waals surface area contributed by atoms with Crippen LogP contribution in [0.25, 0.3) is 0 Å². The van der Waals surface area contributed by atoms with Crippen LogP contribution in [-0.4, -0.2) is 31.3 Å². The summed E-state index contributed by atoms with van der Waals surface area (Å²) >= 11 is 0. The lowest BCUT2D eigenvalue weighted by Crippen LogP contribution is -2.32. The molecule has 0 aliphatic carbocycles. The highest BCUT2D eigenvalue weighted by Gasteiger charge is 2.20. The van der Waals surface area contributed by atoms with Crippen LogP contribution in [0, 0.1) is 13.8 Å². The molecule has 108 valence electrons. The largest absolute Gasteiger partial charge is 0.494 e. The highest BCUT2D eigenvalue weighted by atomic mass is 16.5. The predicted molar refractivity (Wildman–Crippen MR) is 78.6 cm³/mol. The summed E-state index contributed by atoms with van der Waals surface area (Å²) in [6.07, 6.45) is 0.105. The SMILES string of the molecule is CCOc1cc(C)c(C(O)C(N)CCNC)c(C)c1. The number of rotatable bonds is 7. The van der Waals surface area contributed by atoms with Gasteiger partial charge in [0.15, 0.2) is 0 Å². The van der Waals surface area contributed by atoms with Gasteiger partial charge in [-0.3, -0.25) is 0 Å². The molecule has 19 heavy (non-hydrogen) atoms. The van der Waals surface area contributed by atoms with Gasteiger partial charge in [0, 0.05) is 6.04 Å². The molecule has 0 spiro atoms. The van der Waals surface area contributed by atoms with Crippen molar-refractivity contribution in [2.45, 2.75) is 39.3 Å². The third-order valence-corrected chi connectivity index (χ3v) is 3.31. The molecule has 4 nitrogen and oxygen atoms in total. The molecule has 0 saturated heterocycles. The van der Waals surface area contributed by atoms with Crippen molar-refractivity contribution in [1.82, 2.24) is 5.32 Å². The van der Waals surface area contributed by atoms with Crippen molar-refractivity contribution in [3.8, 4) is 5.75 Å². The first kappa shape index (κ1) is 16.0. The number of benzene rings is 1. The Balaban J connectivity index is 2.93. The Morgan fingerprint density at radius 3 is 2.37 bits per heavy atom. The number of hydrogen-bond donors (Lipinski definition) is 3. The van der Waals surface area contributed by atoms with E-state index < -0.39 is 6.10 Å². The number of nitrogens with two attached hydrogens (primary N) is 1. The Hall–Kier alpha value is -1.10. The minimum absolute atomic E-state index is 0.261. The van der Waals surface area contributed by atoms with Crippen molar-refractivity contribution >= 4 is 0 Å². The van der Waals surface area contributed by atoms with E-state index in [0.29, 0.717) is 6.61 Å². The van der Waals surface area contributed by atoms with Crippen molar-refractivity contribution in [2.24, 2.45) is 5.73 Å². The first-order chi connectivity index (χ1) is 9.01. The second-order valence-electron chi connectivity index (χ2n) is 4.90. The van der Waals surface area contributed by atoms with Crippen LogP contribution in [-0.2, 0) is 0 Å². The molecular weight excluding hydrogens is 240 g/mol. The summed E-state index contributed by atoms with van der Waals surface area (Å²) in [6.45, 7) is 7.37. The smallest absolute Gasteiger partial charge is 0.119 e. The third kappa shape index (κ3) is 4.20. The maximum atomic E-state index is 10.4. The van der Waals surface area contributed by atoms with Gasteiger partial charge in [0.05, 0.1) is 12.7 Å². The van der Waals surface area contributed by atoms with Gasteiger partial charge in [-0.25, -0.2) is 0 Å². The van der Waals surface area contributed by atoms with Crippen LogP contribution in [0.1, 0.15) is 36.1 Å². The first-order valence-electron chi connectivity index (χ1n) is 6.83. The van der Waals surface area contributed by atoms with E-state index in [1.165, 1.54) is 0 Å². The van der Waals surface area contributed by atoms with Crippen LogP contribution in [0.3, 0.4) is 0 Å². The second-order valence-corrected chi connectivity index (χ2v) is 4.90. The standard InChI is InChI=1S/C15H26N2O2/c1-5-19-12-8-10(2)14(11(3)9-12)15(18)13(16)6-7-17-4/h8-9,13,15,17-18H,5-7,16H2,1-4H3. The van der Waals surface area contributed by atoms with E-state index >= 15 is 0 Å². The minimum atomic E-state index is -0.635. The summed E-state index contributed by atoms with van der Waals surface area (Å²) in [5, 5.41) is 13.5. The lowest BCUT2D eigenvalue weighted by molar-refractivity contribution is 0.141. The highest BCUT2D eigenvalue weighted by molar-refractivity contribution is 5.42. The molecule has 0 fully saturated rings. The molecule has 0 radical (unpaired) electrons. The minimum Gasteiger partial charge on any atom is -0.494 e. The highest BCUT2D eigenvalue weighted by Crippen LogP contribution is 2.29. The van der Waals surface area contributed by atoms with Gasteiger partial charge in [-0.15, -0.1) is 0 Å². The summed E-state index contributed by atoms with van der Waals surface area (Å²) in [6, 6.07) is 3.66. The average molecular weight is 266 g/mol. The summed E-state index contributed by atoms with van der Waals surface area (Å²) < 4.78 is 5.50. The Kier molecular flexibility index (Phi) is 6.28. The lowest BCUT2D eigenvalue weighted by atomic mass is 9.92. The summed E-state index contributed by atoms with van der Waals surface area (Å²) in [7, 11) is 1.88. The van der Waals surface area contributed by atoms with Crippen LogP contribution in [0.4, 0.5) is 0 Å². The molecule has 4 heteroatoms. The van der Waals surface area contributed by atoms with Crippen molar-refractivity contribution in [2.75, 3.05) is 20.2 Å². The van der Waals surface area contributed by atoms with Crippen molar-refractivity contribution < 1.29 is 9.84 Å². The summed E-state index contributed by atoms with van der Waals surface area (Å²) in [4.78, 5) is 0. The maximum Gasteiger partial charge on any atom is 0.119 e. The second kappa shape index (κ2) is 7.48. The Bertz CT molecular complexity index is 384. The van der Waals surface area contributed by atoms with Gasteiger partial charge in [0.2, 0.25) is 0 Å². The van der Waals surface area contributed by atoms with E-state index in [1.54, 1.807) is 0 Å². The topological polar surface area (TPSA) is 67.5 Å². The number of ether oxygens (including phenoxy) is 1. The number of hydrogen-bond acceptors (Lipinski definition) is 4. The fraction of sp³-hybridized carbons (Fsp3) is 0.600. The van der Waals surface area contributed by atoms with Crippen LogP contribution < -0.4 is 15.8 Å². The van der Waals surface area contributed by atoms with Gasteiger partial charge in [-0.1, -0.05) is 0 Å². The van der Waals surface area contributed by atoms with Crippen molar-refractivity contribution in [3.63, 3.8) is 0 Å². The number of aliphatic hydroxyl groups excluding tert-OH is 1. The molecular formula is C15H26N2O2. The molecule has 1 aromatic rings. The molecule has 0 aromatic heterocycles. The Labute approximate surface area is 116 Å². The molecule has 0 aliphatic rings. The molecule has 1 rings (SSSR count). The van der Waals surface area contributed by atoms with Gasteiger partial charge < -0.3 is 20.9 Å². The molecule has 4 N–H and O–H groups in total. The molecule has 2 atom stereocenters. The van der Waals surface area contributed by atoms with E-state index in [-0.39, 0.29) is 6.04 Å². The average Bonchev–Trinajstić information content (AvgIpc) is 2.35. The number of aryl methyl sites for hydroxylation is 2. The normalized spacial score (nSPS) is 14.2. The van der Waals surface area contributed by atoms with E-state index in [4.69, 9.17) is 10.5 Å². The Morgan fingerprint density at radius 1 is 1.32 bits per heavy atom. The fourth-order valence-corrected chi connectivity index (χ4v) is 2.33. The summed E-state index contributed by atoms with van der Waals surface area (Å²) in [5.74, 6) is 0.845. The zero-order valence-corrected chi connectivity index (χ0v) is 12.4. The third-order valence-electron chi connectivity index (χ3n) is 3.31. The van der Waals surface area contributed by atoms with E-state index in [1.807, 2.05) is 40.0 Å². The van der Waals surface area contributed by atoms with Crippen LogP contribution in [0.15, 0.2) is 12.1 Å². The van der Waals surface area contributed by atoms with Gasteiger partial charge in [-0.05, 0) is 69.6 Å². The van der Waals surface area contributed by atoms with Crippen molar-refractivity contribution in [3.05, 3.63) is 28.8 Å². The van der Waals surface area contributed by atoms with Gasteiger partial charge in [0.25, 0.3) is 0 Å². The van der Waals surface area contributed by atoms with Crippen LogP contribution in [0.2, 0.25) is 0 Å². The van der Waals surface area contributed by atoms with E-state index in [0.717, 1.165) is 35.4 Å². The lowest BCUT2D eigenvalue weighted by Gasteiger charge is -2.23.